The molecule has 2 rings (SSSR count). The molecule has 1 heterocycles. The van der Waals surface area contributed by atoms with Gasteiger partial charge in [0.05, 0.1) is 6.10 Å². The fourth-order valence-electron chi connectivity index (χ4n) is 2.51. The molecule has 1 unspecified atom stereocenters. The second-order valence-electron chi connectivity index (χ2n) is 5.55. The molecule has 1 saturated carbocycles. The molecule has 1 atom stereocenters. The third kappa shape index (κ3) is 4.78. The Morgan fingerprint density at radius 1 is 1.32 bits per heavy atom. The summed E-state index contributed by atoms with van der Waals surface area (Å²) >= 11 is 0. The standard InChI is InChI=1S/C15H22N2O4S/c1-12(21-13-7-4-2-3-5-8-13)15(18)17-22(19,20)14-9-6-10-16-11-14/h6,9-13H,2-5,7-8H2,1H3,(H,17,18). The molecule has 1 aliphatic carbocycles. The Morgan fingerprint density at radius 3 is 2.59 bits per heavy atom. The molecule has 0 aromatic carbocycles. The minimum absolute atomic E-state index is 0.0318. The molecule has 122 valence electrons. The summed E-state index contributed by atoms with van der Waals surface area (Å²) in [7, 11) is -3.89. The third-order valence-electron chi connectivity index (χ3n) is 3.75. The van der Waals surface area contributed by atoms with Crippen molar-refractivity contribution < 1.29 is 17.9 Å². The number of carbonyl (C=O) groups excluding carboxylic acids is 1. The number of nitrogens with zero attached hydrogens (tertiary/aromatic N) is 1. The zero-order valence-electron chi connectivity index (χ0n) is 12.7. The van der Waals surface area contributed by atoms with Crippen LogP contribution < -0.4 is 4.72 Å². The normalized spacial score (nSPS) is 18.4. The number of hydrogen-bond acceptors (Lipinski definition) is 5. The molecule has 0 spiro atoms. The van der Waals surface area contributed by atoms with Gasteiger partial charge in [-0.05, 0) is 31.9 Å². The van der Waals surface area contributed by atoms with Gasteiger partial charge in [0.1, 0.15) is 11.0 Å². The van der Waals surface area contributed by atoms with Crippen LogP contribution in [0.25, 0.3) is 0 Å². The Kier molecular flexibility index (Phi) is 5.90. The SMILES string of the molecule is CC(OC1CCCCCC1)C(=O)NS(=O)(=O)c1cccnc1. The predicted molar refractivity (Wildman–Crippen MR) is 81.6 cm³/mol. The second-order valence-corrected chi connectivity index (χ2v) is 7.23. The second kappa shape index (κ2) is 7.69. The van der Waals surface area contributed by atoms with Gasteiger partial charge in [0.15, 0.2) is 0 Å². The minimum Gasteiger partial charge on any atom is -0.365 e. The maximum Gasteiger partial charge on any atom is 0.265 e. The molecular formula is C15H22N2O4S. The van der Waals surface area contributed by atoms with Crippen molar-refractivity contribution in [2.24, 2.45) is 0 Å². The number of carbonyl (C=O) groups is 1. The summed E-state index contributed by atoms with van der Waals surface area (Å²) < 4.78 is 31.9. The number of amides is 1. The molecule has 0 aliphatic heterocycles. The maximum absolute atomic E-state index is 12.1. The molecule has 1 amide bonds. The Balaban J connectivity index is 1.93. The Morgan fingerprint density at radius 2 is 2.00 bits per heavy atom. The van der Waals surface area contributed by atoms with Gasteiger partial charge in [-0.3, -0.25) is 9.78 Å². The van der Waals surface area contributed by atoms with Crippen molar-refractivity contribution in [1.82, 2.24) is 9.71 Å². The molecule has 1 fully saturated rings. The van der Waals surface area contributed by atoms with Crippen molar-refractivity contribution in [3.63, 3.8) is 0 Å². The molecule has 1 aliphatic rings. The fourth-order valence-corrected chi connectivity index (χ4v) is 3.51. The molecule has 0 bridgehead atoms. The molecule has 0 radical (unpaired) electrons. The van der Waals surface area contributed by atoms with Crippen LogP contribution in [-0.2, 0) is 19.6 Å². The molecule has 22 heavy (non-hydrogen) atoms. The summed E-state index contributed by atoms with van der Waals surface area (Å²) in [4.78, 5) is 15.8. The van der Waals surface area contributed by atoms with Crippen molar-refractivity contribution in [3.05, 3.63) is 24.5 Å². The van der Waals surface area contributed by atoms with E-state index in [2.05, 4.69) is 4.98 Å². The number of hydrogen-bond donors (Lipinski definition) is 1. The zero-order valence-corrected chi connectivity index (χ0v) is 13.5. The Hall–Kier alpha value is -1.47. The number of nitrogens with one attached hydrogen (secondary N) is 1. The van der Waals surface area contributed by atoms with E-state index in [4.69, 9.17) is 4.74 Å². The van der Waals surface area contributed by atoms with Crippen molar-refractivity contribution >= 4 is 15.9 Å². The molecule has 6 nitrogen and oxygen atoms in total. The van der Waals surface area contributed by atoms with Crippen molar-refractivity contribution in [3.8, 4) is 0 Å². The predicted octanol–water partition coefficient (Wildman–Crippen LogP) is 2.01. The first-order chi connectivity index (χ1) is 10.5. The lowest BCUT2D eigenvalue weighted by Gasteiger charge is -2.20. The van der Waals surface area contributed by atoms with Crippen LogP contribution in [-0.4, -0.2) is 31.5 Å². The minimum atomic E-state index is -3.89. The van der Waals surface area contributed by atoms with E-state index >= 15 is 0 Å². The lowest BCUT2D eigenvalue weighted by atomic mass is 10.1. The van der Waals surface area contributed by atoms with E-state index in [-0.39, 0.29) is 11.0 Å². The van der Waals surface area contributed by atoms with Gasteiger partial charge < -0.3 is 4.74 Å². The van der Waals surface area contributed by atoms with Gasteiger partial charge in [-0.2, -0.15) is 0 Å². The van der Waals surface area contributed by atoms with E-state index in [1.807, 2.05) is 4.72 Å². The summed E-state index contributed by atoms with van der Waals surface area (Å²) in [6, 6.07) is 2.89. The topological polar surface area (TPSA) is 85.4 Å². The van der Waals surface area contributed by atoms with E-state index < -0.39 is 22.0 Å². The van der Waals surface area contributed by atoms with Gasteiger partial charge >= 0.3 is 0 Å². The quantitative estimate of drug-likeness (QED) is 0.837. The largest absolute Gasteiger partial charge is 0.365 e. The van der Waals surface area contributed by atoms with E-state index in [0.717, 1.165) is 25.7 Å². The zero-order chi connectivity index (χ0) is 16.0. The first kappa shape index (κ1) is 16.9. The van der Waals surface area contributed by atoms with Crippen molar-refractivity contribution in [2.75, 3.05) is 0 Å². The average Bonchev–Trinajstić information content (AvgIpc) is 2.76. The van der Waals surface area contributed by atoms with E-state index in [0.29, 0.717) is 0 Å². The van der Waals surface area contributed by atoms with Crippen LogP contribution in [0.5, 0.6) is 0 Å². The summed E-state index contributed by atoms with van der Waals surface area (Å²) in [5, 5.41) is 0. The summed E-state index contributed by atoms with van der Waals surface area (Å²) in [6.45, 7) is 1.58. The van der Waals surface area contributed by atoms with E-state index in [1.165, 1.54) is 37.4 Å². The van der Waals surface area contributed by atoms with E-state index in [9.17, 15) is 13.2 Å². The molecule has 1 aromatic rings. The average molecular weight is 326 g/mol. The lowest BCUT2D eigenvalue weighted by molar-refractivity contribution is -0.133. The van der Waals surface area contributed by atoms with Crippen LogP contribution >= 0.6 is 0 Å². The van der Waals surface area contributed by atoms with Crippen molar-refractivity contribution in [2.45, 2.75) is 62.6 Å². The van der Waals surface area contributed by atoms with Gasteiger partial charge in [-0.1, -0.05) is 25.7 Å². The smallest absolute Gasteiger partial charge is 0.265 e. The van der Waals surface area contributed by atoms with Crippen LogP contribution in [0.3, 0.4) is 0 Å². The van der Waals surface area contributed by atoms with Crippen LogP contribution in [0.2, 0.25) is 0 Å². The molecule has 7 heteroatoms. The number of sulfonamides is 1. The van der Waals surface area contributed by atoms with Crippen LogP contribution in [0.1, 0.15) is 45.4 Å². The van der Waals surface area contributed by atoms with Crippen LogP contribution in [0, 0.1) is 0 Å². The first-order valence-corrected chi connectivity index (χ1v) is 9.09. The monoisotopic (exact) mass is 326 g/mol. The molecular weight excluding hydrogens is 304 g/mol. The molecule has 0 saturated heterocycles. The highest BCUT2D eigenvalue weighted by Crippen LogP contribution is 2.21. The van der Waals surface area contributed by atoms with Gasteiger partial charge in [-0.25, -0.2) is 13.1 Å². The van der Waals surface area contributed by atoms with Crippen LogP contribution in [0.15, 0.2) is 29.4 Å². The highest BCUT2D eigenvalue weighted by atomic mass is 32.2. The summed E-state index contributed by atoms with van der Waals surface area (Å²) in [5.74, 6) is -0.645. The number of ether oxygens (including phenoxy) is 1. The van der Waals surface area contributed by atoms with Gasteiger partial charge in [0.25, 0.3) is 15.9 Å². The van der Waals surface area contributed by atoms with E-state index in [1.54, 1.807) is 6.92 Å². The van der Waals surface area contributed by atoms with Crippen molar-refractivity contribution in [1.29, 1.82) is 0 Å². The number of pyridine rings is 1. The third-order valence-corrected chi connectivity index (χ3v) is 5.08. The number of rotatable bonds is 5. The number of aromatic nitrogens is 1. The fraction of sp³-hybridized carbons (Fsp3) is 0.600. The first-order valence-electron chi connectivity index (χ1n) is 7.61. The highest BCUT2D eigenvalue weighted by Gasteiger charge is 2.25. The van der Waals surface area contributed by atoms with Gasteiger partial charge in [0.2, 0.25) is 0 Å². The molecule has 1 aromatic heterocycles. The Labute approximate surface area is 131 Å². The summed E-state index contributed by atoms with van der Waals surface area (Å²) in [5.41, 5.74) is 0. The van der Waals surface area contributed by atoms with Gasteiger partial charge in [0, 0.05) is 12.4 Å². The Bertz CT molecular complexity index is 581. The highest BCUT2D eigenvalue weighted by molar-refractivity contribution is 7.90. The van der Waals surface area contributed by atoms with Crippen LogP contribution in [0.4, 0.5) is 0 Å². The lowest BCUT2D eigenvalue weighted by Crippen LogP contribution is -2.40. The molecule has 1 N–H and O–H groups in total. The summed E-state index contributed by atoms with van der Waals surface area (Å²) in [6.07, 6.45) is 8.32. The van der Waals surface area contributed by atoms with Gasteiger partial charge in [-0.15, -0.1) is 0 Å². The maximum atomic E-state index is 12.1.